The van der Waals surface area contributed by atoms with Crippen molar-refractivity contribution in [2.75, 3.05) is 17.7 Å². The summed E-state index contributed by atoms with van der Waals surface area (Å²) in [5, 5.41) is 7.04. The first kappa shape index (κ1) is 22.1. The maximum Gasteiger partial charge on any atom is 0.221 e. The van der Waals surface area contributed by atoms with E-state index in [1.54, 1.807) is 25.4 Å². The average Bonchev–Trinajstić information content (AvgIpc) is 3.27. The zero-order chi connectivity index (χ0) is 23.4. The third kappa shape index (κ3) is 4.60. The van der Waals surface area contributed by atoms with Crippen LogP contribution < -0.4 is 15.4 Å². The van der Waals surface area contributed by atoms with E-state index in [0.29, 0.717) is 22.7 Å². The summed E-state index contributed by atoms with van der Waals surface area (Å²) >= 11 is 0. The molecule has 1 aromatic heterocycles. The van der Waals surface area contributed by atoms with E-state index < -0.39 is 6.04 Å². The standard InChI is InChI=1S/C27H27N3O3/c1-4-18-11-8-12-21-22(16-28-25(18)21)27(32)26(19-9-6-5-7-10-19)30-20-13-14-23(29-17(2)31)24(15-20)33-3/h5-16,26,28,30H,4H2,1-3H3,(H,29,31). The number of carbonyl (C=O) groups excluding carboxylic acids is 2. The number of carbonyl (C=O) groups is 2. The molecule has 3 aromatic carbocycles. The van der Waals surface area contributed by atoms with Crippen molar-refractivity contribution in [2.24, 2.45) is 0 Å². The van der Waals surface area contributed by atoms with Crippen LogP contribution in [-0.4, -0.2) is 23.8 Å². The van der Waals surface area contributed by atoms with Crippen LogP contribution in [-0.2, 0) is 11.2 Å². The van der Waals surface area contributed by atoms with Crippen LogP contribution in [0, 0.1) is 0 Å². The lowest BCUT2D eigenvalue weighted by Crippen LogP contribution is -2.21. The lowest BCUT2D eigenvalue weighted by Gasteiger charge is -2.20. The summed E-state index contributed by atoms with van der Waals surface area (Å²) in [5.41, 5.74) is 4.95. The van der Waals surface area contributed by atoms with Crippen LogP contribution >= 0.6 is 0 Å². The van der Waals surface area contributed by atoms with Crippen molar-refractivity contribution in [2.45, 2.75) is 26.3 Å². The summed E-state index contributed by atoms with van der Waals surface area (Å²) in [6, 6.07) is 20.4. The van der Waals surface area contributed by atoms with Gasteiger partial charge in [0.1, 0.15) is 11.8 Å². The Bertz CT molecular complexity index is 1290. The van der Waals surface area contributed by atoms with Crippen molar-refractivity contribution in [3.63, 3.8) is 0 Å². The summed E-state index contributed by atoms with van der Waals surface area (Å²) in [4.78, 5) is 28.6. The third-order valence-corrected chi connectivity index (χ3v) is 5.67. The van der Waals surface area contributed by atoms with Gasteiger partial charge in [-0.15, -0.1) is 0 Å². The molecule has 0 fully saturated rings. The quantitative estimate of drug-likeness (QED) is 0.305. The number of aromatic nitrogens is 1. The molecule has 4 rings (SSSR count). The fraction of sp³-hybridized carbons (Fsp3) is 0.185. The number of aryl methyl sites for hydroxylation is 1. The van der Waals surface area contributed by atoms with Gasteiger partial charge in [0.05, 0.1) is 12.8 Å². The van der Waals surface area contributed by atoms with E-state index >= 15 is 0 Å². The molecule has 0 saturated heterocycles. The summed E-state index contributed by atoms with van der Waals surface area (Å²) in [5.74, 6) is 0.289. The molecule has 0 aliphatic heterocycles. The minimum Gasteiger partial charge on any atom is -0.494 e. The maximum absolute atomic E-state index is 13.8. The van der Waals surface area contributed by atoms with Gasteiger partial charge in [-0.2, -0.15) is 0 Å². The summed E-state index contributed by atoms with van der Waals surface area (Å²) in [7, 11) is 1.54. The molecule has 3 N–H and O–H groups in total. The van der Waals surface area contributed by atoms with Gasteiger partial charge in [-0.05, 0) is 29.7 Å². The Morgan fingerprint density at radius 3 is 2.52 bits per heavy atom. The number of ether oxygens (including phenoxy) is 1. The van der Waals surface area contributed by atoms with E-state index in [0.717, 1.165) is 22.9 Å². The number of H-pyrrole nitrogens is 1. The van der Waals surface area contributed by atoms with Gasteiger partial charge in [0.15, 0.2) is 5.78 Å². The number of anilines is 2. The van der Waals surface area contributed by atoms with Crippen LogP contribution in [0.1, 0.15) is 41.4 Å². The number of rotatable bonds is 8. The fourth-order valence-electron chi connectivity index (χ4n) is 4.06. The molecule has 0 aliphatic rings. The predicted molar refractivity (Wildman–Crippen MR) is 132 cm³/mol. The van der Waals surface area contributed by atoms with E-state index in [4.69, 9.17) is 4.74 Å². The normalized spacial score (nSPS) is 11.7. The van der Waals surface area contributed by atoms with E-state index in [1.165, 1.54) is 12.5 Å². The number of benzene rings is 3. The van der Waals surface area contributed by atoms with Crippen LogP contribution in [0.5, 0.6) is 5.75 Å². The summed E-state index contributed by atoms with van der Waals surface area (Å²) in [6.07, 6.45) is 2.68. The molecule has 168 valence electrons. The number of para-hydroxylation sites is 1. The van der Waals surface area contributed by atoms with Crippen LogP contribution in [0.4, 0.5) is 11.4 Å². The second-order valence-corrected chi connectivity index (χ2v) is 7.84. The van der Waals surface area contributed by atoms with Crippen LogP contribution in [0.2, 0.25) is 0 Å². The Kier molecular flexibility index (Phi) is 6.45. The van der Waals surface area contributed by atoms with E-state index in [2.05, 4.69) is 28.6 Å². The van der Waals surface area contributed by atoms with Crippen LogP contribution in [0.15, 0.2) is 72.9 Å². The minimum atomic E-state index is -0.605. The molecule has 0 aliphatic carbocycles. The zero-order valence-corrected chi connectivity index (χ0v) is 18.9. The number of Topliss-reactive ketones (excluding diaryl/α,β-unsaturated/α-hetero) is 1. The molecule has 0 spiro atoms. The number of fused-ring (bicyclic) bond motifs is 1. The van der Waals surface area contributed by atoms with Crippen molar-refractivity contribution in [1.29, 1.82) is 0 Å². The lowest BCUT2D eigenvalue weighted by molar-refractivity contribution is -0.114. The SMILES string of the molecule is CCc1cccc2c(C(=O)C(Nc3ccc(NC(C)=O)c(OC)c3)c3ccccc3)c[nH]c12. The van der Waals surface area contributed by atoms with Crippen LogP contribution in [0.3, 0.4) is 0 Å². The molecule has 4 aromatic rings. The first-order valence-electron chi connectivity index (χ1n) is 10.9. The largest absolute Gasteiger partial charge is 0.494 e. The number of aromatic amines is 1. The Balaban J connectivity index is 1.73. The molecule has 6 heteroatoms. The third-order valence-electron chi connectivity index (χ3n) is 5.67. The molecule has 0 saturated carbocycles. The molecule has 0 bridgehead atoms. The minimum absolute atomic E-state index is 0.0365. The van der Waals surface area contributed by atoms with Crippen molar-refractivity contribution < 1.29 is 14.3 Å². The number of hydrogen-bond acceptors (Lipinski definition) is 4. The molecule has 1 heterocycles. The Morgan fingerprint density at radius 1 is 1.03 bits per heavy atom. The molecule has 1 amide bonds. The fourth-order valence-corrected chi connectivity index (χ4v) is 4.06. The van der Waals surface area contributed by atoms with Crippen molar-refractivity contribution in [1.82, 2.24) is 4.98 Å². The molecular weight excluding hydrogens is 414 g/mol. The van der Waals surface area contributed by atoms with Gasteiger partial charge < -0.3 is 20.4 Å². The van der Waals surface area contributed by atoms with E-state index in [9.17, 15) is 9.59 Å². The summed E-state index contributed by atoms with van der Waals surface area (Å²) in [6.45, 7) is 3.55. The smallest absolute Gasteiger partial charge is 0.221 e. The van der Waals surface area contributed by atoms with E-state index in [-0.39, 0.29) is 11.7 Å². The molecule has 33 heavy (non-hydrogen) atoms. The number of nitrogens with one attached hydrogen (secondary N) is 3. The average molecular weight is 442 g/mol. The van der Waals surface area contributed by atoms with Gasteiger partial charge in [-0.1, -0.05) is 55.5 Å². The molecule has 6 nitrogen and oxygen atoms in total. The first-order chi connectivity index (χ1) is 16.0. The van der Waals surface area contributed by atoms with Crippen molar-refractivity contribution in [3.05, 3.63) is 89.6 Å². The number of amides is 1. The highest BCUT2D eigenvalue weighted by Gasteiger charge is 2.25. The van der Waals surface area contributed by atoms with Gasteiger partial charge in [0, 0.05) is 41.3 Å². The Hall–Kier alpha value is -4.06. The van der Waals surface area contributed by atoms with Gasteiger partial charge >= 0.3 is 0 Å². The predicted octanol–water partition coefficient (Wildman–Crippen LogP) is 5.73. The monoisotopic (exact) mass is 441 g/mol. The lowest BCUT2D eigenvalue weighted by atomic mass is 9.96. The van der Waals surface area contributed by atoms with Gasteiger partial charge in [0.2, 0.25) is 5.91 Å². The number of ketones is 1. The summed E-state index contributed by atoms with van der Waals surface area (Å²) < 4.78 is 5.45. The highest BCUT2D eigenvalue weighted by atomic mass is 16.5. The van der Waals surface area contributed by atoms with E-state index in [1.807, 2.05) is 48.5 Å². The molecule has 1 atom stereocenters. The number of hydrogen-bond donors (Lipinski definition) is 3. The highest BCUT2D eigenvalue weighted by molar-refractivity contribution is 6.12. The van der Waals surface area contributed by atoms with Crippen molar-refractivity contribution in [3.8, 4) is 5.75 Å². The van der Waals surface area contributed by atoms with Gasteiger partial charge in [-0.25, -0.2) is 0 Å². The van der Waals surface area contributed by atoms with Crippen LogP contribution in [0.25, 0.3) is 10.9 Å². The van der Waals surface area contributed by atoms with Gasteiger partial charge in [0.25, 0.3) is 0 Å². The Labute approximate surface area is 193 Å². The highest BCUT2D eigenvalue weighted by Crippen LogP contribution is 2.32. The maximum atomic E-state index is 13.8. The van der Waals surface area contributed by atoms with Gasteiger partial charge in [-0.3, -0.25) is 9.59 Å². The second kappa shape index (κ2) is 9.61. The topological polar surface area (TPSA) is 83.2 Å². The molecular formula is C27H27N3O3. The molecule has 0 radical (unpaired) electrons. The Morgan fingerprint density at radius 2 is 1.82 bits per heavy atom. The number of methoxy groups -OCH3 is 1. The molecule has 1 unspecified atom stereocenters. The first-order valence-corrected chi connectivity index (χ1v) is 10.9. The van der Waals surface area contributed by atoms with Crippen molar-refractivity contribution >= 4 is 34.0 Å². The zero-order valence-electron chi connectivity index (χ0n) is 18.9. The second-order valence-electron chi connectivity index (χ2n) is 7.84.